The average Bonchev–Trinajstić information content (AvgIpc) is 2.76. The first-order chi connectivity index (χ1) is 16.7. The van der Waals surface area contributed by atoms with Gasteiger partial charge in [0.25, 0.3) is 5.91 Å². The Bertz CT molecular complexity index is 1090. The summed E-state index contributed by atoms with van der Waals surface area (Å²) in [6.45, 7) is 12.2. The van der Waals surface area contributed by atoms with E-state index in [1.807, 2.05) is 33.8 Å². The van der Waals surface area contributed by atoms with Gasteiger partial charge in [-0.15, -0.1) is 0 Å². The molecule has 0 heterocycles. The van der Waals surface area contributed by atoms with Crippen molar-refractivity contribution in [2.45, 2.75) is 72.1 Å². The minimum atomic E-state index is -1.13. The number of aryl methyl sites for hydroxylation is 1. The fraction of sp³-hybridized carbons (Fsp3) is 0.444. The van der Waals surface area contributed by atoms with Crippen molar-refractivity contribution in [3.05, 3.63) is 58.6 Å². The van der Waals surface area contributed by atoms with E-state index >= 15 is 0 Å². The molecule has 0 saturated carbocycles. The molecule has 0 aliphatic rings. The van der Waals surface area contributed by atoms with E-state index in [-0.39, 0.29) is 12.3 Å². The number of phenols is 1. The number of hydrogen-bond donors (Lipinski definition) is 3. The average molecular weight is 518 g/mol. The highest BCUT2D eigenvalue weighted by atomic mass is 35.5. The number of hydrogen-bond acceptors (Lipinski definition) is 5. The van der Waals surface area contributed by atoms with Crippen molar-refractivity contribution in [1.29, 1.82) is 0 Å². The van der Waals surface area contributed by atoms with E-state index in [9.17, 15) is 19.5 Å². The number of nitrogens with zero attached hydrogens (tertiary/aromatic N) is 1. The molecule has 36 heavy (non-hydrogen) atoms. The molecule has 2 rings (SSSR count). The van der Waals surface area contributed by atoms with Crippen LogP contribution in [0.4, 0.5) is 10.5 Å². The van der Waals surface area contributed by atoms with Crippen LogP contribution < -0.4 is 10.6 Å². The van der Waals surface area contributed by atoms with E-state index in [2.05, 4.69) is 10.6 Å². The summed E-state index contributed by atoms with van der Waals surface area (Å²) in [4.78, 5) is 41.0. The number of anilines is 1. The Morgan fingerprint density at radius 3 is 2.28 bits per heavy atom. The number of benzene rings is 2. The number of amides is 3. The van der Waals surface area contributed by atoms with Gasteiger partial charge in [-0.05, 0) is 77.3 Å². The minimum Gasteiger partial charge on any atom is -0.508 e. The molecule has 196 valence electrons. The van der Waals surface area contributed by atoms with Crippen molar-refractivity contribution >= 4 is 35.2 Å². The molecule has 2 aromatic rings. The van der Waals surface area contributed by atoms with E-state index in [0.717, 1.165) is 5.56 Å². The maximum atomic E-state index is 13.8. The topological polar surface area (TPSA) is 108 Å². The highest BCUT2D eigenvalue weighted by Gasteiger charge is 2.40. The number of carbonyl (C=O) groups is 3. The largest absolute Gasteiger partial charge is 0.508 e. The molecule has 0 aromatic heterocycles. The monoisotopic (exact) mass is 517 g/mol. The second kappa shape index (κ2) is 11.6. The third kappa shape index (κ3) is 7.62. The molecule has 0 spiro atoms. The molecule has 0 radical (unpaired) electrons. The van der Waals surface area contributed by atoms with Gasteiger partial charge in [0.2, 0.25) is 5.91 Å². The van der Waals surface area contributed by atoms with Crippen LogP contribution in [0.3, 0.4) is 0 Å². The lowest BCUT2D eigenvalue weighted by Crippen LogP contribution is -2.55. The lowest BCUT2D eigenvalue weighted by atomic mass is 9.92. The van der Waals surface area contributed by atoms with Crippen LogP contribution in [-0.4, -0.2) is 45.6 Å². The summed E-state index contributed by atoms with van der Waals surface area (Å²) in [6.07, 6.45) is -0.228. The summed E-state index contributed by atoms with van der Waals surface area (Å²) in [5, 5.41) is 15.9. The van der Waals surface area contributed by atoms with Crippen LogP contribution in [0.15, 0.2) is 42.5 Å². The Balaban J connectivity index is 2.51. The highest BCUT2D eigenvalue weighted by Crippen LogP contribution is 2.34. The van der Waals surface area contributed by atoms with Gasteiger partial charge in [-0.25, -0.2) is 4.79 Å². The number of aromatic hydroxyl groups is 1. The van der Waals surface area contributed by atoms with Crippen LogP contribution >= 0.6 is 11.6 Å². The Morgan fingerprint density at radius 2 is 1.72 bits per heavy atom. The number of phenolic OH excluding ortho intramolecular Hbond substituents is 1. The first-order valence-corrected chi connectivity index (χ1v) is 12.2. The number of alkyl carbamates (subject to hydrolysis) is 1. The number of halogens is 1. The van der Waals surface area contributed by atoms with Crippen molar-refractivity contribution in [2.75, 3.05) is 11.9 Å². The Labute approximate surface area is 218 Å². The van der Waals surface area contributed by atoms with Crippen LogP contribution in [0, 0.1) is 6.92 Å². The molecule has 0 aliphatic carbocycles. The number of ether oxygens (including phenoxy) is 1. The predicted molar refractivity (Wildman–Crippen MR) is 141 cm³/mol. The first-order valence-electron chi connectivity index (χ1n) is 11.8. The maximum Gasteiger partial charge on any atom is 0.408 e. The van der Waals surface area contributed by atoms with Gasteiger partial charge in [-0.2, -0.15) is 0 Å². The lowest BCUT2D eigenvalue weighted by molar-refractivity contribution is -0.145. The molecule has 9 heteroatoms. The van der Waals surface area contributed by atoms with E-state index in [1.165, 1.54) is 17.0 Å². The number of carbonyl (C=O) groups excluding carboxylic acids is 3. The molecule has 1 unspecified atom stereocenters. The third-order valence-electron chi connectivity index (χ3n) is 5.73. The maximum absolute atomic E-state index is 13.8. The minimum absolute atomic E-state index is 0.0483. The SMILES string of the molecule is CCC(C)(C)N(C(=O)CNC(=O)OC(C)(C)C)C(C(=O)Nc1c(C)cccc1Cl)c1cccc(O)c1. The molecule has 2 aromatic carbocycles. The third-order valence-corrected chi connectivity index (χ3v) is 6.05. The Morgan fingerprint density at radius 1 is 1.08 bits per heavy atom. The Hall–Kier alpha value is -3.26. The van der Waals surface area contributed by atoms with Crippen LogP contribution in [0.5, 0.6) is 5.75 Å². The zero-order chi connectivity index (χ0) is 27.3. The molecule has 1 atom stereocenters. The zero-order valence-electron chi connectivity index (χ0n) is 21.9. The number of rotatable bonds is 8. The van der Waals surface area contributed by atoms with Crippen LogP contribution in [-0.2, 0) is 14.3 Å². The smallest absolute Gasteiger partial charge is 0.408 e. The molecule has 0 saturated heterocycles. The molecule has 0 fully saturated rings. The van der Waals surface area contributed by atoms with E-state index in [1.54, 1.807) is 45.0 Å². The fourth-order valence-electron chi connectivity index (χ4n) is 3.64. The normalized spacial score (nSPS) is 12.4. The van der Waals surface area contributed by atoms with E-state index in [4.69, 9.17) is 16.3 Å². The van der Waals surface area contributed by atoms with Gasteiger partial charge in [-0.3, -0.25) is 9.59 Å². The lowest BCUT2D eigenvalue weighted by Gasteiger charge is -2.43. The zero-order valence-corrected chi connectivity index (χ0v) is 22.7. The van der Waals surface area contributed by atoms with Crippen LogP contribution in [0.1, 0.15) is 65.1 Å². The van der Waals surface area contributed by atoms with Crippen molar-refractivity contribution < 1.29 is 24.2 Å². The predicted octanol–water partition coefficient (Wildman–Crippen LogP) is 5.58. The molecular formula is C27H36ClN3O5. The summed E-state index contributed by atoms with van der Waals surface area (Å²) in [5.41, 5.74) is 0.0686. The van der Waals surface area contributed by atoms with Gasteiger partial charge in [0, 0.05) is 5.54 Å². The van der Waals surface area contributed by atoms with Crippen molar-refractivity contribution in [1.82, 2.24) is 10.2 Å². The standard InChI is InChI=1S/C27H36ClN3O5/c1-8-27(6,7)31(21(33)16-29-25(35)36-26(3,4)5)23(18-12-10-13-19(32)15-18)24(34)30-22-17(2)11-9-14-20(22)28/h9-15,23,32H,8,16H2,1-7H3,(H,29,35)(H,30,34). The Kier molecular flexibility index (Phi) is 9.38. The second-order valence-electron chi connectivity index (χ2n) is 10.2. The van der Waals surface area contributed by atoms with Gasteiger partial charge in [0.1, 0.15) is 23.9 Å². The summed E-state index contributed by atoms with van der Waals surface area (Å²) in [5.74, 6) is -1.05. The highest BCUT2D eigenvalue weighted by molar-refractivity contribution is 6.34. The van der Waals surface area contributed by atoms with Gasteiger partial charge in [0.05, 0.1) is 10.7 Å². The van der Waals surface area contributed by atoms with Crippen molar-refractivity contribution in [3.8, 4) is 5.75 Å². The summed E-state index contributed by atoms with van der Waals surface area (Å²) < 4.78 is 5.25. The summed E-state index contributed by atoms with van der Waals surface area (Å²) in [6, 6.07) is 10.3. The number of para-hydroxylation sites is 1. The van der Waals surface area contributed by atoms with Crippen molar-refractivity contribution in [2.24, 2.45) is 0 Å². The van der Waals surface area contributed by atoms with Crippen molar-refractivity contribution in [3.63, 3.8) is 0 Å². The van der Waals surface area contributed by atoms with E-state index in [0.29, 0.717) is 22.7 Å². The summed E-state index contributed by atoms with van der Waals surface area (Å²) in [7, 11) is 0. The molecular weight excluding hydrogens is 482 g/mol. The second-order valence-corrected chi connectivity index (χ2v) is 10.6. The summed E-state index contributed by atoms with van der Waals surface area (Å²) >= 11 is 6.35. The fourth-order valence-corrected chi connectivity index (χ4v) is 3.91. The van der Waals surface area contributed by atoms with Crippen LogP contribution in [0.25, 0.3) is 0 Å². The van der Waals surface area contributed by atoms with E-state index < -0.39 is 35.1 Å². The molecule has 8 nitrogen and oxygen atoms in total. The molecule has 3 amide bonds. The quantitative estimate of drug-likeness (QED) is 0.424. The first kappa shape index (κ1) is 29.0. The molecule has 3 N–H and O–H groups in total. The van der Waals surface area contributed by atoms with Crippen LogP contribution in [0.2, 0.25) is 5.02 Å². The number of nitrogens with one attached hydrogen (secondary N) is 2. The van der Waals surface area contributed by atoms with Gasteiger partial charge in [0.15, 0.2) is 0 Å². The molecule has 0 aliphatic heterocycles. The van der Waals surface area contributed by atoms with Gasteiger partial charge >= 0.3 is 6.09 Å². The van der Waals surface area contributed by atoms with Gasteiger partial charge < -0.3 is 25.4 Å². The van der Waals surface area contributed by atoms with Gasteiger partial charge in [-0.1, -0.05) is 42.8 Å². The molecule has 0 bridgehead atoms.